The molecule has 2 aromatic heterocycles. The van der Waals surface area contributed by atoms with E-state index in [2.05, 4.69) is 17.1 Å². The van der Waals surface area contributed by atoms with Crippen LogP contribution in [0.15, 0.2) is 26.3 Å². The number of piperidine rings is 1. The molecule has 0 spiro atoms. The molecule has 21 heavy (non-hydrogen) atoms. The molecule has 0 aliphatic carbocycles. The molecular formula is C13H17N3O4S. The largest absolute Gasteiger partial charge is 0.451 e. The lowest BCUT2D eigenvalue weighted by molar-refractivity contribution is 0.281. The van der Waals surface area contributed by atoms with Crippen LogP contribution in [0.5, 0.6) is 0 Å². The lowest BCUT2D eigenvalue weighted by Gasteiger charge is -2.28. The average molecular weight is 311 g/mol. The van der Waals surface area contributed by atoms with E-state index in [4.69, 9.17) is 8.83 Å². The van der Waals surface area contributed by atoms with E-state index >= 15 is 0 Å². The van der Waals surface area contributed by atoms with Crippen molar-refractivity contribution in [1.29, 1.82) is 0 Å². The third kappa shape index (κ3) is 2.73. The smallest absolute Gasteiger partial charge is 0.276 e. The van der Waals surface area contributed by atoms with Crippen molar-refractivity contribution < 1.29 is 17.3 Å². The van der Waals surface area contributed by atoms with Gasteiger partial charge in [-0.1, -0.05) is 6.92 Å². The molecule has 0 unspecified atom stereocenters. The Bertz CT molecular complexity index is 726. The molecule has 1 aliphatic rings. The van der Waals surface area contributed by atoms with Crippen molar-refractivity contribution >= 4 is 10.0 Å². The van der Waals surface area contributed by atoms with Gasteiger partial charge in [-0.3, -0.25) is 0 Å². The maximum absolute atomic E-state index is 12.5. The van der Waals surface area contributed by atoms with E-state index < -0.39 is 10.0 Å². The van der Waals surface area contributed by atoms with E-state index in [1.807, 2.05) is 0 Å². The predicted molar refractivity (Wildman–Crippen MR) is 73.9 cm³/mol. The van der Waals surface area contributed by atoms with Crippen LogP contribution in [0, 0.1) is 12.8 Å². The van der Waals surface area contributed by atoms with Gasteiger partial charge in [-0.05, 0) is 18.8 Å². The maximum Gasteiger partial charge on any atom is 0.276 e. The summed E-state index contributed by atoms with van der Waals surface area (Å²) < 4.78 is 37.0. The first-order valence-electron chi connectivity index (χ1n) is 6.86. The van der Waals surface area contributed by atoms with Crippen molar-refractivity contribution in [2.45, 2.75) is 31.8 Å². The molecule has 7 nitrogen and oxygen atoms in total. The third-order valence-electron chi connectivity index (χ3n) is 3.69. The highest BCUT2D eigenvalue weighted by Gasteiger charge is 2.31. The maximum atomic E-state index is 12.5. The fraction of sp³-hybridized carbons (Fsp3) is 0.538. The van der Waals surface area contributed by atoms with Crippen LogP contribution >= 0.6 is 0 Å². The Balaban J connectivity index is 1.85. The van der Waals surface area contributed by atoms with Gasteiger partial charge in [0.15, 0.2) is 0 Å². The van der Waals surface area contributed by atoms with Gasteiger partial charge < -0.3 is 8.83 Å². The molecule has 0 radical (unpaired) electrons. The van der Waals surface area contributed by atoms with Gasteiger partial charge in [-0.2, -0.15) is 4.31 Å². The van der Waals surface area contributed by atoms with Gasteiger partial charge in [0, 0.05) is 26.1 Å². The first kappa shape index (κ1) is 14.3. The van der Waals surface area contributed by atoms with E-state index in [0.717, 1.165) is 12.8 Å². The highest BCUT2D eigenvalue weighted by molar-refractivity contribution is 7.89. The van der Waals surface area contributed by atoms with Crippen LogP contribution in [0.2, 0.25) is 0 Å². The Kier molecular flexibility index (Phi) is 3.58. The number of furan rings is 1. The Morgan fingerprint density at radius 3 is 2.62 bits per heavy atom. The van der Waals surface area contributed by atoms with Crippen molar-refractivity contribution in [3.05, 3.63) is 18.2 Å². The molecule has 1 aliphatic heterocycles. The summed E-state index contributed by atoms with van der Waals surface area (Å²) in [5.74, 6) is 1.23. The van der Waals surface area contributed by atoms with Crippen molar-refractivity contribution in [3.8, 4) is 11.5 Å². The molecule has 2 aromatic rings. The summed E-state index contributed by atoms with van der Waals surface area (Å²) in [6.07, 6.45) is 3.07. The second-order valence-electron chi connectivity index (χ2n) is 5.37. The summed E-state index contributed by atoms with van der Waals surface area (Å²) in [5.41, 5.74) is 0.472. The van der Waals surface area contributed by atoms with Crippen LogP contribution in [0.4, 0.5) is 0 Å². The zero-order valence-electron chi connectivity index (χ0n) is 11.9. The lowest BCUT2D eigenvalue weighted by Crippen LogP contribution is -2.37. The highest BCUT2D eigenvalue weighted by Crippen LogP contribution is 2.28. The van der Waals surface area contributed by atoms with Crippen LogP contribution in [0.1, 0.15) is 25.7 Å². The molecule has 3 rings (SSSR count). The minimum Gasteiger partial charge on any atom is -0.451 e. The SMILES string of the molecule is Cc1nnc(-c2coc(S(=O)(=O)N3CCC(C)CC3)c2)o1. The fourth-order valence-electron chi connectivity index (χ4n) is 2.33. The van der Waals surface area contributed by atoms with Gasteiger partial charge in [0.1, 0.15) is 6.26 Å². The summed E-state index contributed by atoms with van der Waals surface area (Å²) in [7, 11) is -3.59. The van der Waals surface area contributed by atoms with Crippen LogP contribution in [0.25, 0.3) is 11.5 Å². The van der Waals surface area contributed by atoms with Gasteiger partial charge in [0.05, 0.1) is 5.56 Å². The van der Waals surface area contributed by atoms with Gasteiger partial charge in [-0.25, -0.2) is 8.42 Å². The molecule has 0 saturated carbocycles. The predicted octanol–water partition coefficient (Wildman–Crippen LogP) is 2.06. The monoisotopic (exact) mass is 311 g/mol. The number of nitrogens with zero attached hydrogens (tertiary/aromatic N) is 3. The number of hydrogen-bond acceptors (Lipinski definition) is 6. The third-order valence-corrected chi connectivity index (χ3v) is 5.45. The highest BCUT2D eigenvalue weighted by atomic mass is 32.2. The summed E-state index contributed by atoms with van der Waals surface area (Å²) in [5, 5.41) is 7.48. The summed E-state index contributed by atoms with van der Waals surface area (Å²) >= 11 is 0. The molecule has 0 N–H and O–H groups in total. The molecule has 1 fully saturated rings. The van der Waals surface area contributed by atoms with E-state index in [0.29, 0.717) is 30.5 Å². The topological polar surface area (TPSA) is 89.4 Å². The number of rotatable bonds is 3. The van der Waals surface area contributed by atoms with Gasteiger partial charge in [0.2, 0.25) is 11.0 Å². The van der Waals surface area contributed by atoms with Crippen molar-refractivity contribution in [2.24, 2.45) is 5.92 Å². The number of sulfonamides is 1. The van der Waals surface area contributed by atoms with E-state index in [9.17, 15) is 8.42 Å². The van der Waals surface area contributed by atoms with Crippen LogP contribution in [-0.4, -0.2) is 36.0 Å². The molecule has 0 amide bonds. The first-order valence-corrected chi connectivity index (χ1v) is 8.30. The average Bonchev–Trinajstić information content (AvgIpc) is 3.08. The molecule has 114 valence electrons. The molecule has 1 saturated heterocycles. The molecular weight excluding hydrogens is 294 g/mol. The van der Waals surface area contributed by atoms with Gasteiger partial charge in [0.25, 0.3) is 15.9 Å². The number of aromatic nitrogens is 2. The molecule has 8 heteroatoms. The summed E-state index contributed by atoms with van der Waals surface area (Å²) in [6, 6.07) is 1.43. The van der Waals surface area contributed by atoms with Gasteiger partial charge >= 0.3 is 0 Å². The summed E-state index contributed by atoms with van der Waals surface area (Å²) in [4.78, 5) is 0. The molecule has 0 atom stereocenters. The zero-order valence-corrected chi connectivity index (χ0v) is 12.8. The Morgan fingerprint density at radius 1 is 1.29 bits per heavy atom. The van der Waals surface area contributed by atoms with Crippen molar-refractivity contribution in [3.63, 3.8) is 0 Å². The molecule has 0 aromatic carbocycles. The van der Waals surface area contributed by atoms with Crippen LogP contribution in [0.3, 0.4) is 0 Å². The van der Waals surface area contributed by atoms with Crippen LogP contribution in [-0.2, 0) is 10.0 Å². The lowest BCUT2D eigenvalue weighted by atomic mass is 10.0. The second kappa shape index (κ2) is 5.27. The minimum atomic E-state index is -3.59. The number of aryl methyl sites for hydroxylation is 1. The Hall–Kier alpha value is -1.67. The van der Waals surface area contributed by atoms with E-state index in [-0.39, 0.29) is 11.0 Å². The van der Waals surface area contributed by atoms with Crippen molar-refractivity contribution in [1.82, 2.24) is 14.5 Å². The zero-order chi connectivity index (χ0) is 15.0. The van der Waals surface area contributed by atoms with Crippen LogP contribution < -0.4 is 0 Å². The van der Waals surface area contributed by atoms with Crippen molar-refractivity contribution in [2.75, 3.05) is 13.1 Å². The quantitative estimate of drug-likeness (QED) is 0.862. The summed E-state index contributed by atoms with van der Waals surface area (Å²) in [6.45, 7) is 4.86. The Labute approximate surface area is 123 Å². The molecule has 0 bridgehead atoms. The van der Waals surface area contributed by atoms with Gasteiger partial charge in [-0.15, -0.1) is 10.2 Å². The van der Waals surface area contributed by atoms with E-state index in [1.54, 1.807) is 6.92 Å². The van der Waals surface area contributed by atoms with E-state index in [1.165, 1.54) is 16.6 Å². The first-order chi connectivity index (χ1) is 9.96. The standard InChI is InChI=1S/C13H17N3O4S/c1-9-3-5-16(6-4-9)21(17,18)12-7-11(8-19-12)13-15-14-10(2)20-13/h7-9H,3-6H2,1-2H3. The fourth-order valence-corrected chi connectivity index (χ4v) is 3.72. The normalized spacial score (nSPS) is 18.2. The Morgan fingerprint density at radius 2 is 2.00 bits per heavy atom. The minimum absolute atomic E-state index is 0.0806. The molecule has 3 heterocycles. The number of hydrogen-bond donors (Lipinski definition) is 0. The second-order valence-corrected chi connectivity index (χ2v) is 7.24.